The number of allylic oxidation sites excluding steroid dienone is 1. The molecule has 0 radical (unpaired) electrons. The van der Waals surface area contributed by atoms with Crippen molar-refractivity contribution in [3.05, 3.63) is 12.2 Å². The van der Waals surface area contributed by atoms with E-state index < -0.39 is 15.4 Å². The molecule has 4 aliphatic carbocycles. The molecule has 0 aromatic carbocycles. The van der Waals surface area contributed by atoms with Crippen molar-refractivity contribution in [1.82, 2.24) is 10.2 Å². The second-order valence-electron chi connectivity index (χ2n) is 14.8. The second-order valence-corrected chi connectivity index (χ2v) is 16.4. The van der Waals surface area contributed by atoms with E-state index in [-0.39, 0.29) is 41.5 Å². The van der Waals surface area contributed by atoms with Gasteiger partial charge >= 0.3 is 6.09 Å². The molecule has 5 rings (SSSR count). The summed E-state index contributed by atoms with van der Waals surface area (Å²) >= 11 is 0. The van der Waals surface area contributed by atoms with Gasteiger partial charge in [-0.05, 0) is 79.3 Å². The molecule has 0 bridgehead atoms. The summed E-state index contributed by atoms with van der Waals surface area (Å²) in [5.41, 5.74) is 1.05. The minimum Gasteiger partial charge on any atom is -0.748 e. The van der Waals surface area contributed by atoms with Gasteiger partial charge in [-0.3, -0.25) is 0 Å². The molecule has 0 aromatic rings. The molecular formula is C33H55N3O5S. The predicted octanol–water partition coefficient (Wildman–Crippen LogP) is 5.61. The van der Waals surface area contributed by atoms with Crippen LogP contribution in [0.25, 0.3) is 0 Å². The Hall–Kier alpha value is -1.45. The highest BCUT2D eigenvalue weighted by Crippen LogP contribution is 2.49. The van der Waals surface area contributed by atoms with E-state index in [9.17, 15) is 17.8 Å². The number of ether oxygens (including phenoxy) is 1. The molecule has 5 aliphatic rings. The van der Waals surface area contributed by atoms with Crippen LogP contribution in [0.4, 0.5) is 4.79 Å². The van der Waals surface area contributed by atoms with Gasteiger partial charge in [0.1, 0.15) is 6.10 Å². The fourth-order valence-electron chi connectivity index (χ4n) is 9.07. The normalized spacial score (nSPS) is 35.0. The summed E-state index contributed by atoms with van der Waals surface area (Å²) in [6.45, 7) is 4.50. The molecule has 1 N–H and O–H groups in total. The minimum atomic E-state index is -4.30. The Balaban J connectivity index is 1.39. The Kier molecular flexibility index (Phi) is 10.1. The first-order valence-electron chi connectivity index (χ1n) is 16.9. The van der Waals surface area contributed by atoms with Crippen LogP contribution in [-0.4, -0.2) is 83.9 Å². The smallest absolute Gasteiger partial charge is 0.407 e. The van der Waals surface area contributed by atoms with Crippen LogP contribution in [0.2, 0.25) is 0 Å². The van der Waals surface area contributed by atoms with E-state index in [0.29, 0.717) is 24.9 Å². The van der Waals surface area contributed by atoms with E-state index in [0.717, 1.165) is 51.4 Å². The Morgan fingerprint density at radius 2 is 1.62 bits per heavy atom. The van der Waals surface area contributed by atoms with Crippen LogP contribution in [0.1, 0.15) is 117 Å². The average Bonchev–Trinajstić information content (AvgIpc) is 3.18. The number of alkyl carbamates (subject to hydrolysis) is 1. The van der Waals surface area contributed by atoms with Gasteiger partial charge in [0.2, 0.25) is 0 Å². The van der Waals surface area contributed by atoms with Gasteiger partial charge in [-0.1, -0.05) is 31.8 Å². The molecule has 1 aliphatic heterocycles. The van der Waals surface area contributed by atoms with Crippen LogP contribution in [0, 0.1) is 17.3 Å². The molecule has 4 fully saturated rings. The van der Waals surface area contributed by atoms with Gasteiger partial charge in [-0.15, -0.1) is 0 Å². The summed E-state index contributed by atoms with van der Waals surface area (Å²) in [4.78, 5) is 15.3. The second kappa shape index (κ2) is 13.3. The summed E-state index contributed by atoms with van der Waals surface area (Å²) in [6, 6.07) is 1.34. The van der Waals surface area contributed by atoms with E-state index in [1.807, 2.05) is 0 Å². The van der Waals surface area contributed by atoms with Crippen molar-refractivity contribution in [2.75, 3.05) is 14.1 Å². The largest absolute Gasteiger partial charge is 0.748 e. The fourth-order valence-corrected chi connectivity index (χ4v) is 9.94. The summed E-state index contributed by atoms with van der Waals surface area (Å²) in [6.07, 6.45) is 20.4. The van der Waals surface area contributed by atoms with E-state index in [2.05, 4.69) is 54.9 Å². The number of hydrogen-bond donors (Lipinski definition) is 1. The van der Waals surface area contributed by atoms with Crippen LogP contribution >= 0.6 is 0 Å². The molecule has 0 spiro atoms. The molecule has 8 nitrogen and oxygen atoms in total. The molecule has 42 heavy (non-hydrogen) atoms. The first-order valence-corrected chi connectivity index (χ1v) is 18.3. The van der Waals surface area contributed by atoms with Gasteiger partial charge in [0.15, 0.2) is 17.8 Å². The number of amides is 1. The molecule has 6 unspecified atom stereocenters. The van der Waals surface area contributed by atoms with Gasteiger partial charge in [0.05, 0.1) is 20.8 Å². The van der Waals surface area contributed by atoms with Crippen molar-refractivity contribution in [2.45, 2.75) is 152 Å². The average molecular weight is 606 g/mol. The number of nitrogens with one attached hydrogen (secondary N) is 1. The maximum absolute atomic E-state index is 13.0. The number of hydrogen-bond acceptors (Lipinski definition) is 6. The lowest BCUT2D eigenvalue weighted by atomic mass is 9.68. The maximum Gasteiger partial charge on any atom is 0.407 e. The molecule has 9 heteroatoms. The number of nitrogens with zero attached hydrogens (tertiary/aromatic N) is 2. The topological polar surface area (TPSA) is 102 Å². The fraction of sp³-hybridized carbons (Fsp3) is 0.879. The predicted molar refractivity (Wildman–Crippen MR) is 165 cm³/mol. The quantitative estimate of drug-likeness (QED) is 0.299. The molecule has 0 aromatic heterocycles. The van der Waals surface area contributed by atoms with Crippen LogP contribution in [-0.2, 0) is 14.9 Å². The lowest BCUT2D eigenvalue weighted by Crippen LogP contribution is -2.44. The van der Waals surface area contributed by atoms with Gasteiger partial charge in [0.25, 0.3) is 0 Å². The highest BCUT2D eigenvalue weighted by molar-refractivity contribution is 7.86. The van der Waals surface area contributed by atoms with E-state index in [1.54, 1.807) is 0 Å². The van der Waals surface area contributed by atoms with E-state index >= 15 is 0 Å². The monoisotopic (exact) mass is 605 g/mol. The molecular weight excluding hydrogens is 550 g/mol. The molecule has 0 saturated heterocycles. The lowest BCUT2D eigenvalue weighted by molar-refractivity contribution is -0.604. The van der Waals surface area contributed by atoms with Crippen LogP contribution in [0.3, 0.4) is 0 Å². The Labute approximate surface area is 254 Å². The Bertz CT molecular complexity index is 1120. The van der Waals surface area contributed by atoms with E-state index in [1.165, 1.54) is 44.2 Å². The highest BCUT2D eigenvalue weighted by atomic mass is 32.2. The van der Waals surface area contributed by atoms with Crippen molar-refractivity contribution in [3.63, 3.8) is 0 Å². The molecule has 1 amide bonds. The van der Waals surface area contributed by atoms with E-state index in [4.69, 9.17) is 4.74 Å². The standard InChI is InChI=1S/C33H55N3O5S/c1-33(2)28-22-27(42(38,39)40)18-19-29(28)36(25-13-9-6-10-14-25)31(33)20-16-23-15-17-26(35(3)4)21-30(23)41-32(37)34-24-11-7-5-8-12-24/h16,20,23-30H,5-15,17-19,21-22H2,1-4H3,(H-,34,37,38,39,40)/b20-16+. The maximum atomic E-state index is 13.0. The van der Waals surface area contributed by atoms with Gasteiger partial charge < -0.3 is 19.5 Å². The highest BCUT2D eigenvalue weighted by Gasteiger charge is 2.58. The van der Waals surface area contributed by atoms with Gasteiger partial charge in [0, 0.05) is 55.7 Å². The zero-order chi connectivity index (χ0) is 30.1. The number of carbonyl (C=O) groups excluding carboxylic acids is 1. The minimum absolute atomic E-state index is 0.132. The summed E-state index contributed by atoms with van der Waals surface area (Å²) in [5.74, 6) is 0.270. The van der Waals surface area contributed by atoms with Crippen LogP contribution in [0.15, 0.2) is 12.2 Å². The van der Waals surface area contributed by atoms with Crippen molar-refractivity contribution in [2.24, 2.45) is 17.3 Å². The molecule has 4 saturated carbocycles. The lowest BCUT2D eigenvalue weighted by Gasteiger charge is -2.37. The van der Waals surface area contributed by atoms with Crippen LogP contribution in [0.5, 0.6) is 0 Å². The molecule has 6 atom stereocenters. The zero-order valence-electron chi connectivity index (χ0n) is 26.4. The number of fused-ring (bicyclic) bond motifs is 1. The summed E-state index contributed by atoms with van der Waals surface area (Å²) in [5, 5.41) is 2.37. The Morgan fingerprint density at radius 3 is 2.26 bits per heavy atom. The molecule has 1 heterocycles. The first-order chi connectivity index (χ1) is 19.9. The van der Waals surface area contributed by atoms with Gasteiger partial charge in [-0.2, -0.15) is 0 Å². The van der Waals surface area contributed by atoms with Crippen molar-refractivity contribution < 1.29 is 27.1 Å². The van der Waals surface area contributed by atoms with Crippen LogP contribution < -0.4 is 5.32 Å². The summed E-state index contributed by atoms with van der Waals surface area (Å²) < 4.78 is 45.1. The summed E-state index contributed by atoms with van der Waals surface area (Å²) in [7, 11) is -0.0858. The van der Waals surface area contributed by atoms with Crippen molar-refractivity contribution >= 4 is 21.9 Å². The third-order valence-corrected chi connectivity index (χ3v) is 12.8. The third kappa shape index (κ3) is 7.09. The third-order valence-electron chi connectivity index (χ3n) is 11.6. The molecule has 238 valence electrons. The van der Waals surface area contributed by atoms with Gasteiger partial charge in [-0.25, -0.2) is 17.8 Å². The van der Waals surface area contributed by atoms with Crippen molar-refractivity contribution in [1.29, 1.82) is 0 Å². The number of carbonyl (C=O) groups is 1. The number of rotatable bonds is 7. The Morgan fingerprint density at radius 1 is 0.952 bits per heavy atom. The zero-order valence-corrected chi connectivity index (χ0v) is 27.2. The SMILES string of the molecule is CN(C)C1CCC(/C=C/C2=[N+](C3CCCCC3)C3CCC(S(=O)(=O)[O-])CC3C2(C)C)C(OC(=O)NC2CCCCC2)C1. The first kappa shape index (κ1) is 32.0. The van der Waals surface area contributed by atoms with Crippen molar-refractivity contribution in [3.8, 4) is 0 Å².